The van der Waals surface area contributed by atoms with E-state index in [1.165, 1.54) is 4.90 Å². The Kier molecular flexibility index (Phi) is 5.47. The van der Waals surface area contributed by atoms with Crippen molar-refractivity contribution < 1.29 is 14.3 Å². The number of carbonyl (C=O) groups excluding carboxylic acids is 2. The quantitative estimate of drug-likeness (QED) is 0.680. The number of aromatic amines is 1. The molecule has 0 aliphatic rings. The number of aryl methyl sites for hydroxylation is 1. The van der Waals surface area contributed by atoms with E-state index in [0.29, 0.717) is 16.6 Å². The van der Waals surface area contributed by atoms with Crippen molar-refractivity contribution in [2.45, 2.75) is 13.3 Å². The van der Waals surface area contributed by atoms with Crippen LogP contribution in [0.1, 0.15) is 22.5 Å². The molecule has 0 radical (unpaired) electrons. The predicted molar refractivity (Wildman–Crippen MR) is 100 cm³/mol. The molecule has 136 valence electrons. The van der Waals surface area contributed by atoms with Gasteiger partial charge in [0.1, 0.15) is 0 Å². The number of fused-ring (bicyclic) bond motifs is 1. The van der Waals surface area contributed by atoms with Crippen molar-refractivity contribution in [3.8, 4) is 6.07 Å². The number of amides is 1. The highest BCUT2D eigenvalue weighted by Gasteiger charge is 2.20. The number of nitrogens with one attached hydrogen (secondary N) is 1. The minimum absolute atomic E-state index is 0.136. The van der Waals surface area contributed by atoms with Gasteiger partial charge in [0.2, 0.25) is 0 Å². The summed E-state index contributed by atoms with van der Waals surface area (Å²) >= 11 is 0. The van der Waals surface area contributed by atoms with Crippen LogP contribution in [0.2, 0.25) is 0 Å². The summed E-state index contributed by atoms with van der Waals surface area (Å²) in [4.78, 5) is 26.3. The zero-order valence-electron chi connectivity index (χ0n) is 14.8. The lowest BCUT2D eigenvalue weighted by atomic mass is 10.2. The first kappa shape index (κ1) is 18.1. The molecule has 0 saturated heterocycles. The van der Waals surface area contributed by atoms with E-state index >= 15 is 0 Å². The van der Waals surface area contributed by atoms with E-state index < -0.39 is 18.5 Å². The Morgan fingerprint density at radius 3 is 2.67 bits per heavy atom. The molecular formula is C20H18N4O3. The largest absolute Gasteiger partial charge is 0.451 e. The van der Waals surface area contributed by atoms with Crippen LogP contribution in [0, 0.1) is 18.3 Å². The highest BCUT2D eigenvalue weighted by Crippen LogP contribution is 2.18. The molecule has 0 fully saturated rings. The fraction of sp³-hybridized carbons (Fsp3) is 0.200. The van der Waals surface area contributed by atoms with Crippen molar-refractivity contribution in [2.75, 3.05) is 18.1 Å². The predicted octanol–water partition coefficient (Wildman–Crippen LogP) is 2.98. The molecule has 0 unspecified atom stereocenters. The van der Waals surface area contributed by atoms with Crippen molar-refractivity contribution in [1.29, 1.82) is 5.26 Å². The standard InChI is InChI=1S/C20H18N4O3/c1-14-7-9-15(10-8-14)24(12-4-11-21)18(25)13-27-20(26)19-16-5-2-3-6-17(16)22-23-19/h2-3,5-10H,4,12-13H2,1H3,(H,22,23). The molecule has 3 aromatic rings. The maximum atomic E-state index is 12.6. The molecule has 0 saturated carbocycles. The summed E-state index contributed by atoms with van der Waals surface area (Å²) in [6, 6.07) is 16.6. The van der Waals surface area contributed by atoms with Crippen molar-refractivity contribution >= 4 is 28.5 Å². The summed E-state index contributed by atoms with van der Waals surface area (Å²) in [5.74, 6) is -1.08. The number of aromatic nitrogens is 2. The number of para-hydroxylation sites is 1. The van der Waals surface area contributed by atoms with Gasteiger partial charge in [-0.05, 0) is 25.1 Å². The molecule has 1 amide bonds. The molecule has 27 heavy (non-hydrogen) atoms. The maximum absolute atomic E-state index is 12.6. The second kappa shape index (κ2) is 8.15. The van der Waals surface area contributed by atoms with Gasteiger partial charge in [-0.25, -0.2) is 4.79 Å². The number of H-pyrrole nitrogens is 1. The topological polar surface area (TPSA) is 99.1 Å². The number of esters is 1. The molecule has 0 aliphatic heterocycles. The van der Waals surface area contributed by atoms with Crippen LogP contribution in [-0.4, -0.2) is 35.2 Å². The number of nitriles is 1. The molecule has 0 bridgehead atoms. The summed E-state index contributed by atoms with van der Waals surface area (Å²) < 4.78 is 5.17. The van der Waals surface area contributed by atoms with E-state index in [4.69, 9.17) is 10.00 Å². The van der Waals surface area contributed by atoms with Gasteiger partial charge in [-0.3, -0.25) is 9.89 Å². The molecule has 3 rings (SSSR count). The van der Waals surface area contributed by atoms with Gasteiger partial charge in [-0.1, -0.05) is 35.9 Å². The number of nitrogens with zero attached hydrogens (tertiary/aromatic N) is 3. The lowest BCUT2D eigenvalue weighted by molar-refractivity contribution is -0.121. The van der Waals surface area contributed by atoms with E-state index in [-0.39, 0.29) is 18.7 Å². The molecule has 2 aromatic carbocycles. The average Bonchev–Trinajstić information content (AvgIpc) is 3.12. The van der Waals surface area contributed by atoms with E-state index in [9.17, 15) is 9.59 Å². The SMILES string of the molecule is Cc1ccc(N(CCC#N)C(=O)COC(=O)c2n[nH]c3ccccc23)cc1. The monoisotopic (exact) mass is 362 g/mol. The second-order valence-electron chi connectivity index (χ2n) is 5.98. The van der Waals surface area contributed by atoms with Crippen LogP contribution in [-0.2, 0) is 9.53 Å². The average molecular weight is 362 g/mol. The molecule has 7 heteroatoms. The molecular weight excluding hydrogens is 344 g/mol. The zero-order valence-corrected chi connectivity index (χ0v) is 14.8. The molecule has 0 atom stereocenters. The maximum Gasteiger partial charge on any atom is 0.359 e. The number of carbonyl (C=O) groups is 2. The lowest BCUT2D eigenvalue weighted by Gasteiger charge is -2.21. The Morgan fingerprint density at radius 1 is 1.19 bits per heavy atom. The number of hydrogen-bond acceptors (Lipinski definition) is 5. The summed E-state index contributed by atoms with van der Waals surface area (Å²) in [5, 5.41) is 16.2. The van der Waals surface area contributed by atoms with Crippen LogP contribution in [0.3, 0.4) is 0 Å². The molecule has 0 aliphatic carbocycles. The van der Waals surface area contributed by atoms with Gasteiger partial charge < -0.3 is 9.64 Å². The Labute approximate surface area is 156 Å². The Bertz CT molecular complexity index is 1000. The first-order valence-electron chi connectivity index (χ1n) is 8.44. The van der Waals surface area contributed by atoms with Crippen molar-refractivity contribution in [1.82, 2.24) is 10.2 Å². The summed E-state index contributed by atoms with van der Waals surface area (Å²) in [5.41, 5.74) is 2.56. The minimum atomic E-state index is -0.676. The van der Waals surface area contributed by atoms with Crippen LogP contribution >= 0.6 is 0 Å². The first-order valence-corrected chi connectivity index (χ1v) is 8.44. The van der Waals surface area contributed by atoms with Gasteiger partial charge in [0.05, 0.1) is 18.0 Å². The first-order chi connectivity index (χ1) is 13.1. The highest BCUT2D eigenvalue weighted by atomic mass is 16.5. The van der Waals surface area contributed by atoms with E-state index in [2.05, 4.69) is 10.2 Å². The molecule has 1 aromatic heterocycles. The summed E-state index contributed by atoms with van der Waals surface area (Å²) in [6.45, 7) is 1.74. The number of anilines is 1. The zero-order chi connectivity index (χ0) is 19.2. The fourth-order valence-electron chi connectivity index (χ4n) is 2.68. The molecule has 0 spiro atoms. The van der Waals surface area contributed by atoms with Gasteiger partial charge in [-0.15, -0.1) is 0 Å². The van der Waals surface area contributed by atoms with Crippen LogP contribution in [0.4, 0.5) is 5.69 Å². The van der Waals surface area contributed by atoms with Crippen molar-refractivity contribution in [3.63, 3.8) is 0 Å². The van der Waals surface area contributed by atoms with Gasteiger partial charge in [0.25, 0.3) is 5.91 Å². The number of benzene rings is 2. The van der Waals surface area contributed by atoms with Crippen LogP contribution in [0.25, 0.3) is 10.9 Å². The third-order valence-electron chi connectivity index (χ3n) is 4.08. The van der Waals surface area contributed by atoms with E-state index in [1.807, 2.05) is 31.2 Å². The number of hydrogen-bond donors (Lipinski definition) is 1. The number of rotatable bonds is 6. The van der Waals surface area contributed by atoms with Gasteiger partial charge in [0, 0.05) is 17.6 Å². The third-order valence-corrected chi connectivity index (χ3v) is 4.08. The van der Waals surface area contributed by atoms with Crippen LogP contribution in [0.5, 0.6) is 0 Å². The van der Waals surface area contributed by atoms with Gasteiger partial charge in [0.15, 0.2) is 12.3 Å². The van der Waals surface area contributed by atoms with Crippen molar-refractivity contribution in [3.05, 3.63) is 59.8 Å². The van der Waals surface area contributed by atoms with E-state index in [0.717, 1.165) is 5.56 Å². The lowest BCUT2D eigenvalue weighted by Crippen LogP contribution is -2.35. The van der Waals surface area contributed by atoms with E-state index in [1.54, 1.807) is 30.3 Å². The third kappa shape index (κ3) is 4.12. The minimum Gasteiger partial charge on any atom is -0.451 e. The molecule has 1 N–H and O–H groups in total. The summed E-state index contributed by atoms with van der Waals surface area (Å²) in [7, 11) is 0. The molecule has 7 nitrogen and oxygen atoms in total. The second-order valence-corrected chi connectivity index (χ2v) is 5.98. The fourth-order valence-corrected chi connectivity index (χ4v) is 2.68. The number of ether oxygens (including phenoxy) is 1. The van der Waals surface area contributed by atoms with Gasteiger partial charge >= 0.3 is 5.97 Å². The van der Waals surface area contributed by atoms with Gasteiger partial charge in [-0.2, -0.15) is 10.4 Å². The normalized spacial score (nSPS) is 10.4. The Morgan fingerprint density at radius 2 is 1.93 bits per heavy atom. The smallest absolute Gasteiger partial charge is 0.359 e. The van der Waals surface area contributed by atoms with Crippen LogP contribution in [0.15, 0.2) is 48.5 Å². The van der Waals surface area contributed by atoms with Crippen LogP contribution < -0.4 is 4.90 Å². The summed E-state index contributed by atoms with van der Waals surface area (Å²) in [6.07, 6.45) is 0.178. The Hall–Kier alpha value is -3.66. The molecule has 1 heterocycles. The Balaban J connectivity index is 1.70. The van der Waals surface area contributed by atoms with Crippen molar-refractivity contribution in [2.24, 2.45) is 0 Å². The highest BCUT2D eigenvalue weighted by molar-refractivity contribution is 6.03.